The van der Waals surface area contributed by atoms with Gasteiger partial charge in [0.1, 0.15) is 17.0 Å². The van der Waals surface area contributed by atoms with E-state index in [4.69, 9.17) is 23.7 Å². The van der Waals surface area contributed by atoms with Crippen molar-refractivity contribution in [2.45, 2.75) is 63.3 Å². The van der Waals surface area contributed by atoms with Crippen molar-refractivity contribution in [2.24, 2.45) is 5.92 Å². The number of benzene rings is 2. The minimum absolute atomic E-state index is 0.110. The van der Waals surface area contributed by atoms with Crippen LogP contribution in [0.4, 0.5) is 0 Å². The van der Waals surface area contributed by atoms with E-state index in [1.54, 1.807) is 26.0 Å². The summed E-state index contributed by atoms with van der Waals surface area (Å²) in [5.74, 6) is 0.102. The molecule has 9 nitrogen and oxygen atoms in total. The number of likely N-dealkylation sites (tertiary alicyclic amines) is 1. The van der Waals surface area contributed by atoms with Gasteiger partial charge < -0.3 is 28.6 Å². The molecule has 228 valence electrons. The highest BCUT2D eigenvalue weighted by atomic mass is 16.6. The maximum atomic E-state index is 14.2. The van der Waals surface area contributed by atoms with Crippen molar-refractivity contribution >= 4 is 17.7 Å². The van der Waals surface area contributed by atoms with Gasteiger partial charge in [-0.3, -0.25) is 9.59 Å². The largest absolute Gasteiger partial charge is 0.497 e. The Kier molecular flexibility index (Phi) is 8.64. The van der Waals surface area contributed by atoms with Gasteiger partial charge in [0.05, 0.1) is 33.5 Å². The van der Waals surface area contributed by atoms with Crippen LogP contribution >= 0.6 is 0 Å². The number of esters is 1. The molecular weight excluding hydrogens is 550 g/mol. The van der Waals surface area contributed by atoms with Gasteiger partial charge in [-0.2, -0.15) is 0 Å². The van der Waals surface area contributed by atoms with Gasteiger partial charge in [0.15, 0.2) is 5.76 Å². The van der Waals surface area contributed by atoms with Crippen LogP contribution in [0.15, 0.2) is 72.0 Å². The van der Waals surface area contributed by atoms with Crippen LogP contribution in [0, 0.1) is 5.92 Å². The van der Waals surface area contributed by atoms with Crippen molar-refractivity contribution in [3.05, 3.63) is 83.1 Å². The van der Waals surface area contributed by atoms with Crippen LogP contribution < -0.4 is 9.47 Å². The Hall–Kier alpha value is -4.11. The molecule has 2 aromatic rings. The van der Waals surface area contributed by atoms with Crippen LogP contribution in [-0.4, -0.2) is 61.6 Å². The van der Waals surface area contributed by atoms with Gasteiger partial charge in [0.25, 0.3) is 5.60 Å². The molecule has 9 heteroatoms. The molecule has 1 saturated heterocycles. The Morgan fingerprint density at radius 3 is 2.14 bits per heavy atom. The van der Waals surface area contributed by atoms with E-state index in [0.29, 0.717) is 37.4 Å². The summed E-state index contributed by atoms with van der Waals surface area (Å²) in [4.78, 5) is 42.6. The van der Waals surface area contributed by atoms with Gasteiger partial charge in [-0.25, -0.2) is 4.79 Å². The lowest BCUT2D eigenvalue weighted by atomic mass is 9.71. The molecule has 1 aliphatic carbocycles. The number of hydrogen-bond acceptors (Lipinski definition) is 8. The Morgan fingerprint density at radius 1 is 0.907 bits per heavy atom. The Balaban J connectivity index is 1.40. The monoisotopic (exact) mass is 589 g/mol. The predicted octanol–water partition coefficient (Wildman–Crippen LogP) is 4.92. The summed E-state index contributed by atoms with van der Waals surface area (Å²) < 4.78 is 28.2. The first-order valence-corrected chi connectivity index (χ1v) is 14.6. The van der Waals surface area contributed by atoms with E-state index in [2.05, 4.69) is 6.58 Å². The molecule has 5 rings (SSSR count). The van der Waals surface area contributed by atoms with E-state index in [-0.39, 0.29) is 30.2 Å². The first-order chi connectivity index (χ1) is 20.7. The number of ketones is 1. The molecule has 1 saturated carbocycles. The highest BCUT2D eigenvalue weighted by Crippen LogP contribution is 2.61. The second-order valence-electron chi connectivity index (χ2n) is 11.3. The average Bonchev–Trinajstić information content (AvgIpc) is 3.55. The Bertz CT molecular complexity index is 1430. The van der Waals surface area contributed by atoms with Crippen LogP contribution in [0.25, 0.3) is 0 Å². The number of ether oxygens (including phenoxy) is 5. The van der Waals surface area contributed by atoms with Crippen molar-refractivity contribution in [3.63, 3.8) is 0 Å². The van der Waals surface area contributed by atoms with Crippen LogP contribution in [-0.2, 0) is 41.7 Å². The molecule has 3 aliphatic rings. The van der Waals surface area contributed by atoms with Crippen LogP contribution in [0.2, 0.25) is 0 Å². The fourth-order valence-electron chi connectivity index (χ4n) is 7.00. The highest BCUT2D eigenvalue weighted by Gasteiger charge is 2.78. The van der Waals surface area contributed by atoms with Crippen molar-refractivity contribution in [2.75, 3.05) is 27.9 Å². The smallest absolute Gasteiger partial charge is 0.338 e. The third-order valence-electron chi connectivity index (χ3n) is 9.10. The van der Waals surface area contributed by atoms with Crippen molar-refractivity contribution < 1.29 is 38.1 Å². The standard InChI is InChI=1S/C34H39NO8/c1-22-28(8-6-7-19-42-21-25-11-15-27(40-4)16-12-25)33(34(30(22)37)31(41-5)23(2)32(38)43-34)18-17-29(36)35(33)20-24-9-13-26(39-3)14-10-24/h9-16,28H,1,6-8,17-21H2,2-5H3/t28-,33+,34+/m1/s1. The molecule has 1 amide bonds. The first kappa shape index (κ1) is 30.4. The molecular formula is C34H39NO8. The summed E-state index contributed by atoms with van der Waals surface area (Å²) in [6.07, 6.45) is 2.58. The lowest BCUT2D eigenvalue weighted by Crippen LogP contribution is -2.65. The molecule has 2 spiro atoms. The number of unbranched alkanes of at least 4 members (excludes halogenated alkanes) is 1. The van der Waals surface area contributed by atoms with Gasteiger partial charge >= 0.3 is 5.97 Å². The minimum Gasteiger partial charge on any atom is -0.497 e. The summed E-state index contributed by atoms with van der Waals surface area (Å²) in [7, 11) is 4.66. The van der Waals surface area contributed by atoms with Crippen molar-refractivity contribution in [3.8, 4) is 11.5 Å². The van der Waals surface area contributed by atoms with Gasteiger partial charge in [-0.1, -0.05) is 37.3 Å². The van der Waals surface area contributed by atoms with Crippen LogP contribution in [0.5, 0.6) is 11.5 Å². The van der Waals surface area contributed by atoms with Crippen LogP contribution in [0.1, 0.15) is 50.2 Å². The molecule has 0 radical (unpaired) electrons. The minimum atomic E-state index is -1.77. The molecule has 3 atom stereocenters. The van der Waals surface area contributed by atoms with E-state index < -0.39 is 28.8 Å². The van der Waals surface area contributed by atoms with Gasteiger partial charge in [0, 0.05) is 25.5 Å². The molecule has 2 heterocycles. The van der Waals surface area contributed by atoms with E-state index >= 15 is 0 Å². The highest BCUT2D eigenvalue weighted by molar-refractivity contribution is 6.14. The third-order valence-corrected chi connectivity index (χ3v) is 9.10. The summed E-state index contributed by atoms with van der Waals surface area (Å²) >= 11 is 0. The molecule has 0 bridgehead atoms. The molecule has 43 heavy (non-hydrogen) atoms. The predicted molar refractivity (Wildman–Crippen MR) is 158 cm³/mol. The number of carbonyl (C=O) groups is 3. The molecule has 0 unspecified atom stereocenters. The topological polar surface area (TPSA) is 101 Å². The Labute approximate surface area is 252 Å². The quantitative estimate of drug-likeness (QED) is 0.195. The van der Waals surface area contributed by atoms with Crippen LogP contribution in [0.3, 0.4) is 0 Å². The fourth-order valence-corrected chi connectivity index (χ4v) is 7.00. The number of nitrogens with zero attached hydrogens (tertiary/aromatic N) is 1. The number of rotatable bonds is 12. The number of Topliss-reactive ketones (excluding diaryl/α,β-unsaturated/α-hetero) is 1. The SMILES string of the molecule is C=C1C(=O)[C@@]2(OC(=O)C(C)=C2OC)[C@]2(CCC(=O)N2Cc2ccc(OC)cc2)[C@@H]1CCCCOCc1ccc(OC)cc1. The number of amides is 1. The average molecular weight is 590 g/mol. The fraction of sp³-hybridized carbons (Fsp3) is 0.441. The number of carbonyl (C=O) groups excluding carboxylic acids is 3. The van der Waals surface area contributed by atoms with Gasteiger partial charge in [-0.15, -0.1) is 0 Å². The lowest BCUT2D eigenvalue weighted by Gasteiger charge is -2.47. The molecule has 2 fully saturated rings. The van der Waals surface area contributed by atoms with E-state index in [1.165, 1.54) is 7.11 Å². The van der Waals surface area contributed by atoms with E-state index in [9.17, 15) is 14.4 Å². The number of hydrogen-bond donors (Lipinski definition) is 0. The summed E-state index contributed by atoms with van der Waals surface area (Å²) in [6.45, 7) is 7.06. The van der Waals surface area contributed by atoms with Crippen molar-refractivity contribution in [1.82, 2.24) is 4.90 Å². The summed E-state index contributed by atoms with van der Waals surface area (Å²) in [5, 5.41) is 0. The van der Waals surface area contributed by atoms with Gasteiger partial charge in [-0.05, 0) is 67.2 Å². The van der Waals surface area contributed by atoms with Crippen molar-refractivity contribution in [1.29, 1.82) is 0 Å². The number of methoxy groups -OCH3 is 3. The second kappa shape index (κ2) is 12.2. The third kappa shape index (κ3) is 4.99. The van der Waals surface area contributed by atoms with Gasteiger partial charge in [0.2, 0.25) is 11.7 Å². The zero-order valence-corrected chi connectivity index (χ0v) is 25.3. The zero-order valence-electron chi connectivity index (χ0n) is 25.3. The van der Waals surface area contributed by atoms with E-state index in [0.717, 1.165) is 29.7 Å². The zero-order chi connectivity index (χ0) is 30.8. The number of fused-ring (bicyclic) bond motifs is 1. The summed E-state index contributed by atoms with van der Waals surface area (Å²) in [6, 6.07) is 15.2. The molecule has 2 aromatic carbocycles. The maximum absolute atomic E-state index is 14.2. The lowest BCUT2D eigenvalue weighted by molar-refractivity contribution is -0.173. The molecule has 0 aromatic heterocycles. The summed E-state index contributed by atoms with van der Waals surface area (Å²) in [5.41, 5.74) is -0.433. The second-order valence-corrected chi connectivity index (χ2v) is 11.3. The molecule has 0 N–H and O–H groups in total. The molecule has 2 aliphatic heterocycles. The van der Waals surface area contributed by atoms with E-state index in [1.807, 2.05) is 48.5 Å². The Morgan fingerprint density at radius 2 is 1.53 bits per heavy atom. The maximum Gasteiger partial charge on any atom is 0.338 e. The normalized spacial score (nSPS) is 24.9. The first-order valence-electron chi connectivity index (χ1n) is 14.6.